The molecule has 3 heterocycles. The number of aryl methyl sites for hydroxylation is 2. The molecule has 196 valence electrons. The van der Waals surface area contributed by atoms with Gasteiger partial charge < -0.3 is 31.1 Å². The number of rotatable bonds is 7. The number of nitrogens with two attached hydrogens (primary N) is 1. The van der Waals surface area contributed by atoms with Crippen LogP contribution in [0, 0.1) is 13.8 Å². The highest BCUT2D eigenvalue weighted by Gasteiger charge is 2.43. The van der Waals surface area contributed by atoms with Crippen LogP contribution in [0.3, 0.4) is 0 Å². The van der Waals surface area contributed by atoms with Crippen molar-refractivity contribution >= 4 is 28.6 Å². The first-order chi connectivity index (χ1) is 17.2. The van der Waals surface area contributed by atoms with E-state index in [0.29, 0.717) is 17.7 Å². The number of ether oxygens (including phenoxy) is 1. The van der Waals surface area contributed by atoms with Crippen LogP contribution in [0.4, 0.5) is 11.5 Å². The average molecular weight is 502 g/mol. The Morgan fingerprint density at radius 1 is 1.14 bits per heavy atom. The normalized spacial score (nSPS) is 21.4. The number of benzene rings is 1. The van der Waals surface area contributed by atoms with Crippen LogP contribution in [-0.4, -0.2) is 90.2 Å². The summed E-state index contributed by atoms with van der Waals surface area (Å²) in [4.78, 5) is 25.9. The zero-order chi connectivity index (χ0) is 26.4. The van der Waals surface area contributed by atoms with Crippen LogP contribution >= 0.6 is 0 Å². The predicted octanol–water partition coefficient (Wildman–Crippen LogP) is 0.604. The summed E-state index contributed by atoms with van der Waals surface area (Å²) in [5.74, 6) is 0.279. The molecule has 1 amide bonds. The number of nitrogens with zero attached hydrogens (tertiary/aromatic N) is 5. The number of para-hydroxylation sites is 1. The first-order valence-corrected chi connectivity index (χ1v) is 11.9. The standard InChI is InChI=1S/C14H22N2O.C10H13N5O4/c1-5-16(6-2)10-13(17)15-14-11(3)8-7-9-12(14)4;11-8-5-9(13-2-12-8)15(3-14-5)10-7(18)6(17)4(1-16)19-10/h7-9H,5-6,10H2,1-4H3,(H,15,17);2-4,6-7,10,16-18H,1H2,(H2,11,12,13)/t;4-,6-,7-,10-/m.1/s1. The molecule has 4 rings (SSSR count). The molecule has 1 saturated heterocycles. The lowest BCUT2D eigenvalue weighted by Crippen LogP contribution is -2.33. The first-order valence-electron chi connectivity index (χ1n) is 11.9. The van der Waals surface area contributed by atoms with E-state index < -0.39 is 31.1 Å². The molecule has 1 aromatic carbocycles. The van der Waals surface area contributed by atoms with E-state index >= 15 is 0 Å². The maximum absolute atomic E-state index is 11.9. The second-order valence-electron chi connectivity index (χ2n) is 8.59. The highest BCUT2D eigenvalue weighted by Crippen LogP contribution is 2.31. The topological polar surface area (TPSA) is 172 Å². The number of nitrogen functional groups attached to an aromatic ring is 1. The number of aliphatic hydroxyl groups is 3. The van der Waals surface area contributed by atoms with Gasteiger partial charge in [0.1, 0.15) is 30.2 Å². The number of aliphatic hydroxyl groups excluding tert-OH is 3. The van der Waals surface area contributed by atoms with E-state index in [1.807, 2.05) is 32.0 Å². The lowest BCUT2D eigenvalue weighted by molar-refractivity contribution is -0.117. The molecule has 0 aliphatic carbocycles. The summed E-state index contributed by atoms with van der Waals surface area (Å²) >= 11 is 0. The Kier molecular flexibility index (Phi) is 9.29. The molecule has 1 aliphatic rings. The van der Waals surface area contributed by atoms with Crippen LogP contribution < -0.4 is 11.1 Å². The minimum absolute atomic E-state index is 0.0612. The fraction of sp³-hybridized carbons (Fsp3) is 0.500. The smallest absolute Gasteiger partial charge is 0.238 e. The third-order valence-corrected chi connectivity index (χ3v) is 6.19. The van der Waals surface area contributed by atoms with Gasteiger partial charge in [0.2, 0.25) is 5.91 Å². The van der Waals surface area contributed by atoms with E-state index in [0.717, 1.165) is 29.9 Å². The molecular weight excluding hydrogens is 466 g/mol. The van der Waals surface area contributed by atoms with Crippen LogP contribution in [0.2, 0.25) is 0 Å². The van der Waals surface area contributed by atoms with Crippen molar-refractivity contribution in [2.45, 2.75) is 52.2 Å². The highest BCUT2D eigenvalue weighted by atomic mass is 16.6. The molecule has 2 aromatic heterocycles. The number of hydrogen-bond acceptors (Lipinski definition) is 10. The fourth-order valence-corrected chi connectivity index (χ4v) is 4.01. The molecule has 12 heteroatoms. The molecule has 1 aliphatic heterocycles. The molecule has 1 fully saturated rings. The van der Waals surface area contributed by atoms with Gasteiger partial charge >= 0.3 is 0 Å². The monoisotopic (exact) mass is 501 g/mol. The number of carbonyl (C=O) groups is 1. The highest BCUT2D eigenvalue weighted by molar-refractivity contribution is 5.93. The number of carbonyl (C=O) groups excluding carboxylic acids is 1. The molecular formula is C24H35N7O5. The van der Waals surface area contributed by atoms with Crippen LogP contribution in [0.15, 0.2) is 30.9 Å². The van der Waals surface area contributed by atoms with Crippen molar-refractivity contribution in [3.8, 4) is 0 Å². The number of anilines is 2. The van der Waals surface area contributed by atoms with Gasteiger partial charge in [0.05, 0.1) is 19.5 Å². The van der Waals surface area contributed by atoms with Gasteiger partial charge in [-0.1, -0.05) is 32.0 Å². The van der Waals surface area contributed by atoms with Gasteiger partial charge in [0.15, 0.2) is 17.7 Å². The Labute approximate surface area is 209 Å². The minimum atomic E-state index is -1.19. The van der Waals surface area contributed by atoms with Gasteiger partial charge in [-0.3, -0.25) is 14.3 Å². The van der Waals surface area contributed by atoms with E-state index in [1.165, 1.54) is 17.2 Å². The average Bonchev–Trinajstić information content (AvgIpc) is 3.42. The van der Waals surface area contributed by atoms with Gasteiger partial charge in [0.25, 0.3) is 0 Å². The number of fused-ring (bicyclic) bond motifs is 1. The summed E-state index contributed by atoms with van der Waals surface area (Å²) in [7, 11) is 0. The van der Waals surface area contributed by atoms with Crippen LogP contribution in [0.5, 0.6) is 0 Å². The summed E-state index contributed by atoms with van der Waals surface area (Å²) in [5.41, 5.74) is 9.61. The van der Waals surface area contributed by atoms with Crippen molar-refractivity contribution < 1.29 is 24.9 Å². The second-order valence-corrected chi connectivity index (χ2v) is 8.59. The van der Waals surface area contributed by atoms with Gasteiger partial charge in [-0.2, -0.15) is 0 Å². The largest absolute Gasteiger partial charge is 0.394 e. The van der Waals surface area contributed by atoms with Crippen molar-refractivity contribution in [2.24, 2.45) is 0 Å². The Morgan fingerprint density at radius 3 is 2.39 bits per heavy atom. The molecule has 0 spiro atoms. The van der Waals surface area contributed by atoms with E-state index in [9.17, 15) is 15.0 Å². The molecule has 0 bridgehead atoms. The molecule has 36 heavy (non-hydrogen) atoms. The van der Waals surface area contributed by atoms with Crippen molar-refractivity contribution in [3.63, 3.8) is 0 Å². The lowest BCUT2D eigenvalue weighted by atomic mass is 10.1. The van der Waals surface area contributed by atoms with E-state index in [2.05, 4.69) is 39.0 Å². The summed E-state index contributed by atoms with van der Waals surface area (Å²) in [6.45, 7) is 10.0. The SMILES string of the molecule is CCN(CC)CC(=O)Nc1c(C)cccc1C.Nc1ncnc2c1ncn2[C@@H]1O[C@H](CO)[C@@H](O)[C@H]1O. The third kappa shape index (κ3) is 5.97. The molecule has 3 aromatic rings. The third-order valence-electron chi connectivity index (χ3n) is 6.19. The predicted molar refractivity (Wildman–Crippen MR) is 135 cm³/mol. The van der Waals surface area contributed by atoms with Crippen LogP contribution in [-0.2, 0) is 9.53 Å². The molecule has 0 unspecified atom stereocenters. The van der Waals surface area contributed by atoms with Gasteiger partial charge in [0, 0.05) is 5.69 Å². The van der Waals surface area contributed by atoms with Crippen molar-refractivity contribution in [1.82, 2.24) is 24.4 Å². The first kappa shape index (κ1) is 27.4. The summed E-state index contributed by atoms with van der Waals surface area (Å²) in [6.07, 6.45) is -1.42. The molecule has 12 nitrogen and oxygen atoms in total. The minimum Gasteiger partial charge on any atom is -0.394 e. The fourth-order valence-electron chi connectivity index (χ4n) is 4.01. The lowest BCUT2D eigenvalue weighted by Gasteiger charge is -2.18. The zero-order valence-electron chi connectivity index (χ0n) is 21.0. The van der Waals surface area contributed by atoms with E-state index in [4.69, 9.17) is 15.6 Å². The second kappa shape index (κ2) is 12.2. The Balaban J connectivity index is 0.000000202. The number of aromatic nitrogens is 4. The number of imidazole rings is 1. The molecule has 6 N–H and O–H groups in total. The number of likely N-dealkylation sites (N-methyl/N-ethyl adjacent to an activating group) is 1. The molecule has 4 atom stereocenters. The maximum Gasteiger partial charge on any atom is 0.238 e. The molecule has 0 radical (unpaired) electrons. The van der Waals surface area contributed by atoms with Crippen molar-refractivity contribution in [3.05, 3.63) is 42.0 Å². The maximum atomic E-state index is 11.9. The van der Waals surface area contributed by atoms with Crippen molar-refractivity contribution in [2.75, 3.05) is 37.3 Å². The number of hydrogen-bond donors (Lipinski definition) is 5. The summed E-state index contributed by atoms with van der Waals surface area (Å²) in [5, 5.41) is 31.7. The Hall–Kier alpha value is -3.16. The zero-order valence-corrected chi connectivity index (χ0v) is 21.0. The van der Waals surface area contributed by atoms with E-state index in [1.54, 1.807) is 0 Å². The number of amides is 1. The Bertz CT molecular complexity index is 1150. The van der Waals surface area contributed by atoms with E-state index in [-0.39, 0.29) is 11.7 Å². The molecule has 0 saturated carbocycles. The number of nitrogens with one attached hydrogen (secondary N) is 1. The van der Waals surface area contributed by atoms with Gasteiger partial charge in [-0.05, 0) is 38.1 Å². The quantitative estimate of drug-likeness (QED) is 0.309. The van der Waals surface area contributed by atoms with Gasteiger partial charge in [-0.15, -0.1) is 0 Å². The van der Waals surface area contributed by atoms with Crippen LogP contribution in [0.1, 0.15) is 31.2 Å². The van der Waals surface area contributed by atoms with Crippen LogP contribution in [0.25, 0.3) is 11.2 Å². The summed E-state index contributed by atoms with van der Waals surface area (Å²) in [6, 6.07) is 6.03. The summed E-state index contributed by atoms with van der Waals surface area (Å²) < 4.78 is 6.85. The Morgan fingerprint density at radius 2 is 1.81 bits per heavy atom. The van der Waals surface area contributed by atoms with Crippen molar-refractivity contribution in [1.29, 1.82) is 0 Å². The van der Waals surface area contributed by atoms with Gasteiger partial charge in [-0.25, -0.2) is 15.0 Å².